The van der Waals surface area contributed by atoms with Gasteiger partial charge in [-0.3, -0.25) is 9.59 Å². The van der Waals surface area contributed by atoms with Crippen molar-refractivity contribution in [3.05, 3.63) is 53.6 Å². The van der Waals surface area contributed by atoms with E-state index in [1.54, 1.807) is 24.3 Å². The highest BCUT2D eigenvalue weighted by Gasteiger charge is 2.32. The molecule has 1 N–H and O–H groups in total. The molecule has 2 aliphatic heterocycles. The minimum absolute atomic E-state index is 0.00836. The maximum atomic E-state index is 12.8. The number of hydrogen-bond acceptors (Lipinski definition) is 7. The van der Waals surface area contributed by atoms with Gasteiger partial charge in [0.1, 0.15) is 10.7 Å². The van der Waals surface area contributed by atoms with Crippen LogP contribution in [-0.2, 0) is 19.6 Å². The first kappa shape index (κ1) is 23.6. The zero-order valence-corrected chi connectivity index (χ0v) is 19.7. The smallest absolute Gasteiger partial charge is 0.338 e. The number of nitrogens with zero attached hydrogens (tertiary/aromatic N) is 2. The van der Waals surface area contributed by atoms with Gasteiger partial charge in [0.2, 0.25) is 0 Å². The van der Waals surface area contributed by atoms with E-state index in [2.05, 4.69) is 9.71 Å². The van der Waals surface area contributed by atoms with Crippen LogP contribution in [0.4, 0.5) is 11.4 Å². The summed E-state index contributed by atoms with van der Waals surface area (Å²) in [6.45, 7) is 3.49. The van der Waals surface area contributed by atoms with Crippen LogP contribution in [0.1, 0.15) is 60.2 Å². The van der Waals surface area contributed by atoms with Crippen LogP contribution < -0.4 is 10.2 Å². The van der Waals surface area contributed by atoms with Gasteiger partial charge in [-0.25, -0.2) is 4.79 Å². The number of ketones is 1. The highest BCUT2D eigenvalue weighted by Crippen LogP contribution is 2.35. The Labute approximate surface area is 197 Å². The SMILES string of the molecule is CC(=O)c1cccc(NC(=O)C(C)OC(=O)c2ccc3c(c2)S(=O)(=O)N=C2CCCCCN23)c1. The molecule has 2 aliphatic rings. The molecule has 0 radical (unpaired) electrons. The number of rotatable bonds is 5. The fraction of sp³-hybridized carbons (Fsp3) is 0.333. The summed E-state index contributed by atoms with van der Waals surface area (Å²) in [4.78, 5) is 38.6. The van der Waals surface area contributed by atoms with E-state index in [9.17, 15) is 22.8 Å². The van der Waals surface area contributed by atoms with E-state index < -0.39 is 28.0 Å². The molecule has 1 unspecified atom stereocenters. The average molecular weight is 484 g/mol. The van der Waals surface area contributed by atoms with Gasteiger partial charge in [-0.1, -0.05) is 18.6 Å². The van der Waals surface area contributed by atoms with E-state index in [0.29, 0.717) is 35.7 Å². The summed E-state index contributed by atoms with van der Waals surface area (Å²) in [5.74, 6) is -1.03. The summed E-state index contributed by atoms with van der Waals surface area (Å²) in [5.41, 5.74) is 1.34. The fourth-order valence-corrected chi connectivity index (χ4v) is 5.23. The first-order valence-corrected chi connectivity index (χ1v) is 12.5. The van der Waals surface area contributed by atoms with Gasteiger partial charge in [-0.2, -0.15) is 8.42 Å². The van der Waals surface area contributed by atoms with E-state index in [1.165, 1.54) is 32.0 Å². The lowest BCUT2D eigenvalue weighted by atomic mass is 10.1. The molecule has 4 rings (SSSR count). The Kier molecular flexibility index (Phi) is 6.52. The molecule has 1 fully saturated rings. The van der Waals surface area contributed by atoms with Gasteiger partial charge in [0.25, 0.3) is 15.9 Å². The first-order chi connectivity index (χ1) is 16.2. The summed E-state index contributed by atoms with van der Waals surface area (Å²) >= 11 is 0. The third-order valence-corrected chi connectivity index (χ3v) is 7.11. The summed E-state index contributed by atoms with van der Waals surface area (Å²) in [6, 6.07) is 10.7. The van der Waals surface area contributed by atoms with E-state index in [-0.39, 0.29) is 16.2 Å². The molecule has 0 bridgehead atoms. The molecule has 0 aliphatic carbocycles. The average Bonchev–Trinajstić information content (AvgIpc) is 3.03. The fourth-order valence-electron chi connectivity index (χ4n) is 3.95. The molecule has 2 aromatic rings. The minimum Gasteiger partial charge on any atom is -0.449 e. The second-order valence-electron chi connectivity index (χ2n) is 8.30. The molecule has 2 aromatic carbocycles. The number of carbonyl (C=O) groups is 3. The molecule has 2 heterocycles. The Bertz CT molecular complexity index is 1300. The van der Waals surface area contributed by atoms with Crippen LogP contribution in [-0.4, -0.2) is 44.6 Å². The quantitative estimate of drug-likeness (QED) is 0.510. The van der Waals surface area contributed by atoms with Crippen molar-refractivity contribution in [3.63, 3.8) is 0 Å². The van der Waals surface area contributed by atoms with Crippen molar-refractivity contribution < 1.29 is 27.5 Å². The number of fused-ring (bicyclic) bond motifs is 3. The molecular formula is C24H25N3O6S. The number of hydrogen-bond donors (Lipinski definition) is 1. The van der Waals surface area contributed by atoms with E-state index in [4.69, 9.17) is 4.74 Å². The number of carbonyl (C=O) groups excluding carboxylic acids is 3. The van der Waals surface area contributed by atoms with Gasteiger partial charge in [0.05, 0.1) is 11.3 Å². The maximum Gasteiger partial charge on any atom is 0.338 e. The van der Waals surface area contributed by atoms with Gasteiger partial charge in [0.15, 0.2) is 11.9 Å². The molecule has 1 atom stereocenters. The van der Waals surface area contributed by atoms with Crippen LogP contribution >= 0.6 is 0 Å². The topological polar surface area (TPSA) is 122 Å². The van der Waals surface area contributed by atoms with Crippen LogP contribution in [0, 0.1) is 0 Å². The largest absolute Gasteiger partial charge is 0.449 e. The lowest BCUT2D eigenvalue weighted by molar-refractivity contribution is -0.123. The number of nitrogens with one attached hydrogen (secondary N) is 1. The second kappa shape index (κ2) is 9.38. The summed E-state index contributed by atoms with van der Waals surface area (Å²) in [5, 5.41) is 2.61. The zero-order valence-electron chi connectivity index (χ0n) is 18.9. The predicted molar refractivity (Wildman–Crippen MR) is 127 cm³/mol. The Morgan fingerprint density at radius 2 is 1.85 bits per heavy atom. The Hall–Kier alpha value is -3.53. The van der Waals surface area contributed by atoms with Crippen molar-refractivity contribution in [2.24, 2.45) is 4.40 Å². The molecule has 34 heavy (non-hydrogen) atoms. The number of sulfonamides is 1. The van der Waals surface area contributed by atoms with Crippen molar-refractivity contribution in [2.75, 3.05) is 16.8 Å². The number of Topliss-reactive ketones (excluding diaryl/α,β-unsaturated/α-hetero) is 1. The van der Waals surface area contributed by atoms with Crippen LogP contribution in [0.15, 0.2) is 51.8 Å². The van der Waals surface area contributed by atoms with Crippen LogP contribution in [0.2, 0.25) is 0 Å². The van der Waals surface area contributed by atoms with Crippen LogP contribution in [0.25, 0.3) is 0 Å². The number of amides is 1. The van der Waals surface area contributed by atoms with E-state index in [0.717, 1.165) is 19.3 Å². The molecule has 0 saturated carbocycles. The van der Waals surface area contributed by atoms with Gasteiger partial charge >= 0.3 is 5.97 Å². The van der Waals surface area contributed by atoms with Gasteiger partial charge < -0.3 is 15.0 Å². The van der Waals surface area contributed by atoms with Gasteiger partial charge in [0, 0.05) is 24.2 Å². The minimum atomic E-state index is -3.95. The standard InChI is InChI=1S/C24H25N3O6S/c1-15(28)17-7-6-8-19(13-17)25-23(29)16(2)33-24(30)18-10-11-20-21(14-18)34(31,32)26-22-9-4-3-5-12-27(20)22/h6-8,10-11,13-14,16H,3-5,9,12H2,1-2H3,(H,25,29). The molecule has 0 aromatic heterocycles. The second-order valence-corrected chi connectivity index (χ2v) is 9.87. The van der Waals surface area contributed by atoms with Crippen molar-refractivity contribution in [3.8, 4) is 0 Å². The lowest BCUT2D eigenvalue weighted by Gasteiger charge is -2.29. The Balaban J connectivity index is 1.50. The normalized spacial score (nSPS) is 17.4. The van der Waals surface area contributed by atoms with Crippen molar-refractivity contribution in [1.82, 2.24) is 0 Å². The number of anilines is 2. The first-order valence-electron chi connectivity index (χ1n) is 11.0. The number of ether oxygens (including phenoxy) is 1. The zero-order chi connectivity index (χ0) is 24.5. The molecular weight excluding hydrogens is 458 g/mol. The van der Waals surface area contributed by atoms with Crippen molar-refractivity contribution in [2.45, 2.75) is 50.5 Å². The highest BCUT2D eigenvalue weighted by atomic mass is 32.2. The molecule has 10 heteroatoms. The van der Waals surface area contributed by atoms with E-state index in [1.807, 2.05) is 4.90 Å². The molecule has 178 valence electrons. The van der Waals surface area contributed by atoms with Gasteiger partial charge in [-0.15, -0.1) is 4.40 Å². The van der Waals surface area contributed by atoms with Crippen LogP contribution in [0.3, 0.4) is 0 Å². The lowest BCUT2D eigenvalue weighted by Crippen LogP contribution is -2.35. The molecule has 1 saturated heterocycles. The summed E-state index contributed by atoms with van der Waals surface area (Å²) in [6.07, 6.45) is 2.23. The summed E-state index contributed by atoms with van der Waals surface area (Å²) in [7, 11) is -3.95. The Morgan fingerprint density at radius 3 is 2.62 bits per heavy atom. The number of amidine groups is 1. The summed E-state index contributed by atoms with van der Waals surface area (Å²) < 4.78 is 34.8. The third kappa shape index (κ3) is 4.86. The highest BCUT2D eigenvalue weighted by molar-refractivity contribution is 7.90. The Morgan fingerprint density at radius 1 is 1.06 bits per heavy atom. The third-order valence-electron chi connectivity index (χ3n) is 5.77. The monoisotopic (exact) mass is 483 g/mol. The predicted octanol–water partition coefficient (Wildman–Crippen LogP) is 3.55. The van der Waals surface area contributed by atoms with Crippen molar-refractivity contribution in [1.29, 1.82) is 0 Å². The molecule has 1 amide bonds. The maximum absolute atomic E-state index is 12.8. The molecule has 0 spiro atoms. The molecule has 9 nitrogen and oxygen atoms in total. The van der Waals surface area contributed by atoms with E-state index >= 15 is 0 Å². The number of esters is 1. The van der Waals surface area contributed by atoms with Gasteiger partial charge in [-0.05, 0) is 57.0 Å². The van der Waals surface area contributed by atoms with Crippen molar-refractivity contribution >= 4 is 44.9 Å². The number of benzene rings is 2. The van der Waals surface area contributed by atoms with Crippen LogP contribution in [0.5, 0.6) is 0 Å².